The number of nitrogens with zero attached hydrogens (tertiary/aromatic N) is 1. The Balaban J connectivity index is 1.70. The molecule has 0 aromatic heterocycles. The molecule has 20 heavy (non-hydrogen) atoms. The van der Waals surface area contributed by atoms with E-state index in [1.165, 1.54) is 19.3 Å². The van der Waals surface area contributed by atoms with Crippen LogP contribution in [0.3, 0.4) is 0 Å². The summed E-state index contributed by atoms with van der Waals surface area (Å²) in [5.41, 5.74) is 0. The lowest BCUT2D eigenvalue weighted by atomic mass is 9.86. The van der Waals surface area contributed by atoms with Gasteiger partial charge in [-0.2, -0.15) is 0 Å². The Labute approximate surface area is 122 Å². The molecule has 0 aliphatic heterocycles. The number of rotatable bonds is 5. The molecule has 0 aromatic carbocycles. The number of hydrogen-bond donors (Lipinski definition) is 2. The number of carbonyl (C=O) groups excluding carboxylic acids is 1. The zero-order valence-electron chi connectivity index (χ0n) is 13.0. The van der Waals surface area contributed by atoms with Gasteiger partial charge in [0.1, 0.15) is 0 Å². The second-order valence-electron chi connectivity index (χ2n) is 6.89. The van der Waals surface area contributed by atoms with Crippen molar-refractivity contribution in [3.05, 3.63) is 0 Å². The third-order valence-electron chi connectivity index (χ3n) is 5.04. The van der Waals surface area contributed by atoms with Crippen molar-refractivity contribution in [2.24, 2.45) is 11.8 Å². The Morgan fingerprint density at radius 1 is 1.20 bits per heavy atom. The molecule has 0 saturated heterocycles. The summed E-state index contributed by atoms with van der Waals surface area (Å²) in [6.07, 6.45) is 7.85. The van der Waals surface area contributed by atoms with Crippen LogP contribution in [0.15, 0.2) is 0 Å². The first-order valence-corrected chi connectivity index (χ1v) is 8.22. The topological polar surface area (TPSA) is 52.6 Å². The average molecular weight is 282 g/mol. The van der Waals surface area contributed by atoms with Crippen molar-refractivity contribution < 1.29 is 9.90 Å². The molecule has 2 rings (SSSR count). The average Bonchev–Trinajstić information content (AvgIpc) is 2.77. The smallest absolute Gasteiger partial charge is 0.234 e. The number of likely N-dealkylation sites (N-methyl/N-ethyl adjacent to an activating group) is 1. The van der Waals surface area contributed by atoms with Crippen LogP contribution in [-0.4, -0.2) is 48.2 Å². The summed E-state index contributed by atoms with van der Waals surface area (Å²) in [4.78, 5) is 14.2. The van der Waals surface area contributed by atoms with Crippen molar-refractivity contribution in [3.8, 4) is 0 Å². The summed E-state index contributed by atoms with van der Waals surface area (Å²) in [5, 5.41) is 13.0. The third kappa shape index (κ3) is 4.45. The van der Waals surface area contributed by atoms with Crippen LogP contribution >= 0.6 is 0 Å². The van der Waals surface area contributed by atoms with E-state index in [1.807, 2.05) is 7.05 Å². The van der Waals surface area contributed by atoms with Crippen molar-refractivity contribution in [1.29, 1.82) is 0 Å². The highest BCUT2D eigenvalue weighted by atomic mass is 16.3. The second kappa shape index (κ2) is 7.41. The van der Waals surface area contributed by atoms with Crippen LogP contribution < -0.4 is 5.32 Å². The summed E-state index contributed by atoms with van der Waals surface area (Å²) in [6, 6.07) is 0.363. The molecule has 0 radical (unpaired) electrons. The SMILES string of the molecule is CC1CCCCC1NC(=O)CN(C)CC1CCCC1O. The van der Waals surface area contributed by atoms with Crippen molar-refractivity contribution in [1.82, 2.24) is 10.2 Å². The van der Waals surface area contributed by atoms with Gasteiger partial charge in [0.05, 0.1) is 12.6 Å². The number of hydrogen-bond acceptors (Lipinski definition) is 3. The van der Waals surface area contributed by atoms with Crippen molar-refractivity contribution in [3.63, 3.8) is 0 Å². The maximum absolute atomic E-state index is 12.1. The highest BCUT2D eigenvalue weighted by Crippen LogP contribution is 2.26. The van der Waals surface area contributed by atoms with Crippen LogP contribution in [0.4, 0.5) is 0 Å². The fraction of sp³-hybridized carbons (Fsp3) is 0.938. The van der Waals surface area contributed by atoms with E-state index >= 15 is 0 Å². The van der Waals surface area contributed by atoms with E-state index in [-0.39, 0.29) is 12.0 Å². The molecule has 0 bridgehead atoms. The molecule has 0 heterocycles. The molecular formula is C16H30N2O2. The van der Waals surface area contributed by atoms with E-state index in [1.54, 1.807) is 0 Å². The van der Waals surface area contributed by atoms with Crippen LogP contribution in [0.25, 0.3) is 0 Å². The standard InChI is InChI=1S/C16H30N2O2/c1-12-6-3-4-8-14(12)17-16(20)11-18(2)10-13-7-5-9-15(13)19/h12-15,19H,3-11H2,1-2H3,(H,17,20). The van der Waals surface area contributed by atoms with Crippen LogP contribution in [0.1, 0.15) is 51.9 Å². The largest absolute Gasteiger partial charge is 0.393 e. The maximum atomic E-state index is 12.1. The molecule has 4 atom stereocenters. The van der Waals surface area contributed by atoms with E-state index in [2.05, 4.69) is 17.1 Å². The highest BCUT2D eigenvalue weighted by molar-refractivity contribution is 5.78. The molecule has 2 N–H and O–H groups in total. The minimum absolute atomic E-state index is 0.138. The maximum Gasteiger partial charge on any atom is 0.234 e. The first kappa shape index (κ1) is 15.8. The minimum atomic E-state index is -0.168. The molecule has 0 spiro atoms. The van der Waals surface area contributed by atoms with Crippen LogP contribution in [-0.2, 0) is 4.79 Å². The highest BCUT2D eigenvalue weighted by Gasteiger charge is 2.27. The molecule has 4 nitrogen and oxygen atoms in total. The predicted octanol–water partition coefficient (Wildman–Crippen LogP) is 1.77. The van der Waals surface area contributed by atoms with Gasteiger partial charge in [0.15, 0.2) is 0 Å². The van der Waals surface area contributed by atoms with Gasteiger partial charge in [0, 0.05) is 12.6 Å². The Kier molecular flexibility index (Phi) is 5.85. The van der Waals surface area contributed by atoms with Gasteiger partial charge < -0.3 is 10.4 Å². The summed E-state index contributed by atoms with van der Waals surface area (Å²) in [6.45, 7) is 3.52. The molecule has 2 saturated carbocycles. The van der Waals surface area contributed by atoms with E-state index < -0.39 is 0 Å². The van der Waals surface area contributed by atoms with Gasteiger partial charge in [-0.1, -0.05) is 26.2 Å². The van der Waals surface area contributed by atoms with Gasteiger partial charge in [0.2, 0.25) is 5.91 Å². The molecule has 2 aliphatic carbocycles. The molecule has 4 heteroatoms. The minimum Gasteiger partial charge on any atom is -0.393 e. The quantitative estimate of drug-likeness (QED) is 0.808. The van der Waals surface area contributed by atoms with E-state index in [0.717, 1.165) is 32.2 Å². The summed E-state index contributed by atoms with van der Waals surface area (Å²) in [7, 11) is 1.98. The number of carbonyl (C=O) groups is 1. The van der Waals surface area contributed by atoms with Gasteiger partial charge >= 0.3 is 0 Å². The first-order chi connectivity index (χ1) is 9.56. The summed E-state index contributed by atoms with van der Waals surface area (Å²) < 4.78 is 0. The zero-order valence-corrected chi connectivity index (χ0v) is 13.0. The number of amides is 1. The second-order valence-corrected chi connectivity index (χ2v) is 6.89. The molecular weight excluding hydrogens is 252 g/mol. The van der Waals surface area contributed by atoms with E-state index in [9.17, 15) is 9.90 Å². The van der Waals surface area contributed by atoms with Crippen LogP contribution in [0.5, 0.6) is 0 Å². The Bertz CT molecular complexity index is 322. The predicted molar refractivity (Wildman–Crippen MR) is 80.4 cm³/mol. The Morgan fingerprint density at radius 2 is 1.95 bits per heavy atom. The number of nitrogens with one attached hydrogen (secondary N) is 1. The molecule has 2 fully saturated rings. The molecule has 2 aliphatic rings. The van der Waals surface area contributed by atoms with Crippen molar-refractivity contribution >= 4 is 5.91 Å². The summed E-state index contributed by atoms with van der Waals surface area (Å²) in [5.74, 6) is 1.09. The number of aliphatic hydroxyl groups excluding tert-OH is 1. The van der Waals surface area contributed by atoms with Gasteiger partial charge in [0.25, 0.3) is 0 Å². The monoisotopic (exact) mass is 282 g/mol. The fourth-order valence-electron chi connectivity index (χ4n) is 3.72. The third-order valence-corrected chi connectivity index (χ3v) is 5.04. The Hall–Kier alpha value is -0.610. The lowest BCUT2D eigenvalue weighted by Crippen LogP contribution is -2.45. The lowest BCUT2D eigenvalue weighted by Gasteiger charge is -2.30. The molecule has 1 amide bonds. The van der Waals surface area contributed by atoms with E-state index in [0.29, 0.717) is 24.4 Å². The van der Waals surface area contributed by atoms with Crippen molar-refractivity contribution in [2.75, 3.05) is 20.1 Å². The van der Waals surface area contributed by atoms with Gasteiger partial charge in [-0.15, -0.1) is 0 Å². The van der Waals surface area contributed by atoms with E-state index in [4.69, 9.17) is 0 Å². The fourth-order valence-corrected chi connectivity index (χ4v) is 3.72. The van der Waals surface area contributed by atoms with Crippen molar-refractivity contribution in [2.45, 2.75) is 64.0 Å². The molecule has 116 valence electrons. The number of aliphatic hydroxyl groups is 1. The summed E-state index contributed by atoms with van der Waals surface area (Å²) >= 11 is 0. The first-order valence-electron chi connectivity index (χ1n) is 8.22. The zero-order chi connectivity index (χ0) is 14.5. The Morgan fingerprint density at radius 3 is 2.60 bits per heavy atom. The van der Waals surface area contributed by atoms with Crippen LogP contribution in [0.2, 0.25) is 0 Å². The van der Waals surface area contributed by atoms with Gasteiger partial charge in [-0.05, 0) is 44.6 Å². The molecule has 4 unspecified atom stereocenters. The normalized spacial score (nSPS) is 34.4. The van der Waals surface area contributed by atoms with Gasteiger partial charge in [-0.25, -0.2) is 0 Å². The van der Waals surface area contributed by atoms with Crippen LogP contribution in [0, 0.1) is 11.8 Å². The van der Waals surface area contributed by atoms with Gasteiger partial charge in [-0.3, -0.25) is 9.69 Å². The molecule has 0 aromatic rings. The lowest BCUT2D eigenvalue weighted by molar-refractivity contribution is -0.123.